The van der Waals surface area contributed by atoms with E-state index in [2.05, 4.69) is 104 Å². The minimum absolute atomic E-state index is 0. The predicted octanol–water partition coefficient (Wildman–Crippen LogP) is 6.82. The molecule has 6 heteroatoms. The van der Waals surface area contributed by atoms with Gasteiger partial charge >= 0.3 is 18.9 Å². The van der Waals surface area contributed by atoms with Crippen molar-refractivity contribution in [1.29, 1.82) is 0 Å². The molecular formula is C39H57LiO4Si. The van der Waals surface area contributed by atoms with Gasteiger partial charge in [-0.05, 0) is 54.9 Å². The Balaban J connectivity index is 0.0000101. The number of hydrogen-bond acceptors (Lipinski definition) is 4. The monoisotopic (exact) mass is 624 g/mol. The summed E-state index contributed by atoms with van der Waals surface area (Å²) in [5, 5.41) is 0. The molecule has 0 aliphatic heterocycles. The topological polar surface area (TPSA) is 36.9 Å². The van der Waals surface area contributed by atoms with Crippen LogP contribution in [-0.2, 0) is 0 Å². The van der Waals surface area contributed by atoms with Crippen molar-refractivity contribution in [2.75, 3.05) is 26.4 Å². The van der Waals surface area contributed by atoms with Gasteiger partial charge in [-0.3, -0.25) is 0 Å². The smallest absolute Gasteiger partial charge is 0.551 e. The Kier molecular flexibility index (Phi) is 18.6. The number of ether oxygens (including phenoxy) is 4. The fourth-order valence-corrected chi connectivity index (χ4v) is 4.27. The minimum atomic E-state index is -1.60. The van der Waals surface area contributed by atoms with Crippen molar-refractivity contribution < 1.29 is 37.8 Å². The fraction of sp³-hybridized carbons (Fsp3) is 0.590. The van der Waals surface area contributed by atoms with E-state index in [-0.39, 0.29) is 18.9 Å². The zero-order valence-corrected chi connectivity index (χ0v) is 31.4. The largest absolute Gasteiger partial charge is 1.00 e. The van der Waals surface area contributed by atoms with Crippen LogP contribution in [0.4, 0.5) is 0 Å². The molecule has 0 unspecified atom stereocenters. The van der Waals surface area contributed by atoms with Crippen LogP contribution in [0.5, 0.6) is 23.0 Å². The van der Waals surface area contributed by atoms with Crippen LogP contribution in [0.2, 0.25) is 19.6 Å². The van der Waals surface area contributed by atoms with Crippen molar-refractivity contribution in [1.82, 2.24) is 0 Å². The summed E-state index contributed by atoms with van der Waals surface area (Å²) in [7, 11) is -1.60. The first-order valence-electron chi connectivity index (χ1n) is 16.5. The molecule has 2 aromatic carbocycles. The Hall–Kier alpha value is -2.43. The normalized spacial score (nSPS) is 11.1. The van der Waals surface area contributed by atoms with Gasteiger partial charge in [0.1, 0.15) is 19.6 Å². The first kappa shape index (κ1) is 40.6. The van der Waals surface area contributed by atoms with Crippen LogP contribution in [-0.4, -0.2) is 34.5 Å². The predicted molar refractivity (Wildman–Crippen MR) is 188 cm³/mol. The van der Waals surface area contributed by atoms with Gasteiger partial charge in [-0.25, -0.2) is 0 Å². The molecule has 0 saturated heterocycles. The maximum atomic E-state index is 6.35. The van der Waals surface area contributed by atoms with Gasteiger partial charge in [0.05, 0.1) is 37.6 Å². The second-order valence-corrected chi connectivity index (χ2v) is 19.0. The van der Waals surface area contributed by atoms with Gasteiger partial charge in [0.15, 0.2) is 0 Å². The van der Waals surface area contributed by atoms with Crippen LogP contribution >= 0.6 is 0 Å². The molecule has 0 fully saturated rings. The number of hydrogen-bond donors (Lipinski definition) is 0. The van der Waals surface area contributed by atoms with Crippen molar-refractivity contribution in [2.24, 2.45) is 23.7 Å². The zero-order valence-electron chi connectivity index (χ0n) is 30.4. The summed E-state index contributed by atoms with van der Waals surface area (Å²) in [6, 6.07) is 11.1. The molecule has 0 heterocycles. The molecule has 0 radical (unpaired) electrons. The summed E-state index contributed by atoms with van der Waals surface area (Å²) in [4.78, 5) is 0. The van der Waals surface area contributed by atoms with Gasteiger partial charge in [-0.1, -0.05) is 86.9 Å². The van der Waals surface area contributed by atoms with Gasteiger partial charge in [-0.15, -0.1) is 29.7 Å². The molecule has 0 saturated carbocycles. The van der Waals surface area contributed by atoms with Crippen molar-refractivity contribution in [3.63, 3.8) is 0 Å². The van der Waals surface area contributed by atoms with Gasteiger partial charge in [0.25, 0.3) is 0 Å². The quantitative estimate of drug-likeness (QED) is 0.117. The molecule has 0 N–H and O–H groups in total. The maximum Gasteiger partial charge on any atom is 1.00 e. The van der Waals surface area contributed by atoms with E-state index in [0.717, 1.165) is 59.6 Å². The van der Waals surface area contributed by atoms with Crippen molar-refractivity contribution >= 4 is 8.07 Å². The number of rotatable bonds is 16. The summed E-state index contributed by atoms with van der Waals surface area (Å²) in [6.45, 7) is 26.8. The Bertz CT molecular complexity index is 1290. The van der Waals surface area contributed by atoms with E-state index < -0.39 is 8.07 Å². The van der Waals surface area contributed by atoms with E-state index in [0.29, 0.717) is 55.8 Å². The van der Waals surface area contributed by atoms with Gasteiger partial charge in [0.2, 0.25) is 0 Å². The van der Waals surface area contributed by atoms with E-state index >= 15 is 0 Å². The third-order valence-corrected chi connectivity index (χ3v) is 7.55. The molecule has 0 aliphatic rings. The maximum absolute atomic E-state index is 6.35. The van der Waals surface area contributed by atoms with Gasteiger partial charge < -0.3 is 18.9 Å². The van der Waals surface area contributed by atoms with E-state index in [1.54, 1.807) is 0 Å². The average Bonchev–Trinajstić information content (AvgIpc) is 2.91. The van der Waals surface area contributed by atoms with Crippen molar-refractivity contribution in [3.8, 4) is 46.3 Å². The van der Waals surface area contributed by atoms with Crippen LogP contribution in [0.15, 0.2) is 24.3 Å². The minimum Gasteiger partial charge on any atom is -0.551 e. The van der Waals surface area contributed by atoms with Gasteiger partial charge in [-0.2, -0.15) is 0 Å². The summed E-state index contributed by atoms with van der Waals surface area (Å²) in [5.74, 6) is 15.3. The molecule has 2 rings (SSSR count). The molecule has 2 aromatic rings. The first-order valence-corrected chi connectivity index (χ1v) is 20.0. The third-order valence-electron chi connectivity index (χ3n) is 6.67. The molecule has 0 spiro atoms. The molecule has 0 aromatic heterocycles. The number of benzene rings is 2. The summed E-state index contributed by atoms with van der Waals surface area (Å²) >= 11 is 0. The second kappa shape index (κ2) is 20.6. The summed E-state index contributed by atoms with van der Waals surface area (Å²) in [5.41, 5.74) is 5.87. The standard InChI is InChI=1S/C39H57O4Si.Li/c1-29(2)16-21-40-36-14-15-37(41-22-17-30(3)4)33(26-36)12-13-34-27-39(43-24-19-32(7)8)35(20-25-44(9,10)11)28-38(34)42-23-18-31(5)6;/h14,26-32H,16-19,21-24H2,1-11H3;/q-1;+1. The Labute approximate surface area is 288 Å². The van der Waals surface area contributed by atoms with Crippen LogP contribution in [0.1, 0.15) is 97.8 Å². The molecular weight excluding hydrogens is 567 g/mol. The van der Waals surface area contributed by atoms with Crippen LogP contribution in [0.3, 0.4) is 0 Å². The molecule has 0 atom stereocenters. The molecule has 45 heavy (non-hydrogen) atoms. The van der Waals surface area contributed by atoms with Crippen LogP contribution in [0, 0.1) is 53.0 Å². The Morgan fingerprint density at radius 2 is 1.00 bits per heavy atom. The third kappa shape index (κ3) is 17.2. The molecule has 0 bridgehead atoms. The first-order chi connectivity index (χ1) is 20.7. The van der Waals surface area contributed by atoms with E-state index in [4.69, 9.17) is 18.9 Å². The zero-order chi connectivity index (χ0) is 32.7. The summed E-state index contributed by atoms with van der Waals surface area (Å²) < 4.78 is 24.9. The second-order valence-electron chi connectivity index (χ2n) is 14.3. The van der Waals surface area contributed by atoms with E-state index in [1.165, 1.54) is 0 Å². The Morgan fingerprint density at radius 3 is 1.47 bits per heavy atom. The molecule has 4 nitrogen and oxygen atoms in total. The van der Waals surface area contributed by atoms with Crippen molar-refractivity contribution in [2.45, 2.75) is 101 Å². The average molecular weight is 625 g/mol. The van der Waals surface area contributed by atoms with E-state index in [1.807, 2.05) is 24.3 Å². The van der Waals surface area contributed by atoms with Crippen molar-refractivity contribution in [3.05, 3.63) is 47.0 Å². The fourth-order valence-electron chi connectivity index (χ4n) is 3.76. The molecule has 0 aliphatic carbocycles. The Morgan fingerprint density at radius 1 is 0.578 bits per heavy atom. The SMILES string of the molecule is CC(C)CCOc1c[c-]c(OCCC(C)C)c(C#Cc2cc(OCCC(C)C)c(C#C[Si](C)(C)C)cc2OCCC(C)C)c1.[Li+]. The van der Waals surface area contributed by atoms with Crippen LogP contribution in [0.25, 0.3) is 0 Å². The van der Waals surface area contributed by atoms with Crippen LogP contribution < -0.4 is 37.8 Å². The van der Waals surface area contributed by atoms with Gasteiger partial charge in [0, 0.05) is 23.6 Å². The molecule has 0 amide bonds. The van der Waals surface area contributed by atoms with E-state index in [9.17, 15) is 0 Å². The molecule has 242 valence electrons. The summed E-state index contributed by atoms with van der Waals surface area (Å²) in [6.07, 6.45) is 3.86.